The molecule has 2 saturated heterocycles. The van der Waals surface area contributed by atoms with Crippen molar-refractivity contribution in [1.29, 1.82) is 0 Å². The zero-order valence-electron chi connectivity index (χ0n) is 15.4. The number of carbonyl (C=O) groups is 1. The Morgan fingerprint density at radius 2 is 1.73 bits per heavy atom. The number of quaternary nitrogens is 1. The van der Waals surface area contributed by atoms with E-state index in [4.69, 9.17) is 4.74 Å². The standard InChI is InChI=1S/C20H30NO3.BrH.Na.H/c1-14(2)21(3)16-9-10-17(21)12-18(11-16)24-20(23)19(13-22)15-7-5-4-6-8-15;;;/h4-8,14,16-19,22H,9-13H2,1-3H3;1H;;/q+1;;;/p-1. The van der Waals surface area contributed by atoms with Crippen LogP contribution in [0.3, 0.4) is 0 Å². The van der Waals surface area contributed by atoms with Gasteiger partial charge < -0.3 is 31.3 Å². The second-order valence-electron chi connectivity index (χ2n) is 7.88. The molecule has 0 aromatic heterocycles. The van der Waals surface area contributed by atoms with Crippen LogP contribution in [0.15, 0.2) is 30.3 Å². The topological polar surface area (TPSA) is 46.5 Å². The fraction of sp³-hybridized carbons (Fsp3) is 0.650. The first kappa shape index (κ1) is 24.1. The first-order valence-electron chi connectivity index (χ1n) is 9.18. The predicted octanol–water partition coefficient (Wildman–Crippen LogP) is -0.790. The number of ether oxygens (including phenoxy) is 1. The van der Waals surface area contributed by atoms with E-state index in [0.29, 0.717) is 18.1 Å². The minimum atomic E-state index is -0.572. The summed E-state index contributed by atoms with van der Waals surface area (Å²) in [5.74, 6) is -0.856. The van der Waals surface area contributed by atoms with Crippen molar-refractivity contribution in [3.63, 3.8) is 0 Å². The third-order valence-electron chi connectivity index (χ3n) is 6.54. The summed E-state index contributed by atoms with van der Waals surface area (Å²) in [6.07, 6.45) is 4.36. The number of hydrogen-bond acceptors (Lipinski definition) is 3. The molecule has 0 spiro atoms. The molecule has 2 aliphatic heterocycles. The van der Waals surface area contributed by atoms with E-state index in [9.17, 15) is 9.90 Å². The molecule has 3 unspecified atom stereocenters. The van der Waals surface area contributed by atoms with Crippen LogP contribution < -0.4 is 17.0 Å². The second-order valence-corrected chi connectivity index (χ2v) is 7.88. The van der Waals surface area contributed by atoms with Crippen LogP contribution in [0, 0.1) is 0 Å². The molecule has 2 heterocycles. The van der Waals surface area contributed by atoms with Crippen molar-refractivity contribution in [3.8, 4) is 0 Å². The minimum absolute atomic E-state index is 0. The predicted molar refractivity (Wildman–Crippen MR) is 101 cm³/mol. The van der Waals surface area contributed by atoms with Crippen LogP contribution in [-0.2, 0) is 9.53 Å². The maximum absolute atomic E-state index is 12.6. The van der Waals surface area contributed by atoms with E-state index in [-0.39, 0.29) is 65.2 Å². The molecule has 0 aliphatic carbocycles. The molecule has 3 atom stereocenters. The van der Waals surface area contributed by atoms with Gasteiger partial charge in [0.25, 0.3) is 0 Å². The SMILES string of the molecule is CC(C)[N+]1(C)C2CCC1CC(OC(=O)C(CO)c1ccccc1)C2.[Br-].[NaH]. The van der Waals surface area contributed by atoms with Gasteiger partial charge in [0.15, 0.2) is 0 Å². The fourth-order valence-electron chi connectivity index (χ4n) is 4.82. The van der Waals surface area contributed by atoms with Crippen LogP contribution in [0.1, 0.15) is 51.0 Å². The van der Waals surface area contributed by atoms with Gasteiger partial charge in [-0.1, -0.05) is 30.3 Å². The van der Waals surface area contributed by atoms with Gasteiger partial charge in [0.1, 0.15) is 12.0 Å². The summed E-state index contributed by atoms with van der Waals surface area (Å²) in [7, 11) is 2.37. The number of halogens is 1. The normalized spacial score (nSPS) is 30.9. The van der Waals surface area contributed by atoms with Crippen LogP contribution in [0.5, 0.6) is 0 Å². The van der Waals surface area contributed by atoms with Gasteiger partial charge in [-0.2, -0.15) is 0 Å². The van der Waals surface area contributed by atoms with E-state index >= 15 is 0 Å². The van der Waals surface area contributed by atoms with E-state index in [1.54, 1.807) is 0 Å². The average Bonchev–Trinajstić information content (AvgIpc) is 2.74. The Bertz CT molecular complexity index is 570. The number of aliphatic hydroxyl groups is 1. The molecular weight excluding hydrogens is 405 g/mol. The molecule has 26 heavy (non-hydrogen) atoms. The zero-order chi connectivity index (χ0) is 17.3. The van der Waals surface area contributed by atoms with Crippen molar-refractivity contribution in [2.45, 2.75) is 69.7 Å². The molecule has 2 bridgehead atoms. The van der Waals surface area contributed by atoms with E-state index in [0.717, 1.165) is 22.9 Å². The number of nitrogens with zero attached hydrogens (tertiary/aromatic N) is 1. The van der Waals surface area contributed by atoms with Crippen molar-refractivity contribution < 1.29 is 36.1 Å². The number of aliphatic hydroxyl groups excluding tert-OH is 1. The van der Waals surface area contributed by atoms with Crippen molar-refractivity contribution in [2.24, 2.45) is 0 Å². The summed E-state index contributed by atoms with van der Waals surface area (Å²) in [4.78, 5) is 12.6. The van der Waals surface area contributed by atoms with Gasteiger partial charge in [-0.3, -0.25) is 4.79 Å². The zero-order valence-corrected chi connectivity index (χ0v) is 17.0. The van der Waals surface area contributed by atoms with E-state index < -0.39 is 5.92 Å². The fourth-order valence-corrected chi connectivity index (χ4v) is 4.82. The summed E-state index contributed by atoms with van der Waals surface area (Å²) in [6.45, 7) is 4.39. The van der Waals surface area contributed by atoms with Gasteiger partial charge in [0.2, 0.25) is 0 Å². The van der Waals surface area contributed by atoms with Crippen molar-refractivity contribution in [1.82, 2.24) is 0 Å². The first-order chi connectivity index (χ1) is 11.5. The van der Waals surface area contributed by atoms with E-state index in [2.05, 4.69) is 20.9 Å². The number of piperidine rings is 1. The Balaban J connectivity index is 0.00000169. The molecule has 2 aliphatic rings. The Kier molecular flexibility index (Phi) is 9.31. The molecule has 1 aromatic carbocycles. The molecule has 6 heteroatoms. The van der Waals surface area contributed by atoms with Gasteiger partial charge in [-0.15, -0.1) is 0 Å². The number of hydrogen-bond donors (Lipinski definition) is 1. The third-order valence-corrected chi connectivity index (χ3v) is 6.54. The summed E-state index contributed by atoms with van der Waals surface area (Å²) < 4.78 is 6.96. The Morgan fingerprint density at radius 3 is 2.19 bits per heavy atom. The third kappa shape index (κ3) is 4.56. The van der Waals surface area contributed by atoms with Crippen molar-refractivity contribution >= 4 is 35.5 Å². The van der Waals surface area contributed by atoms with Crippen molar-refractivity contribution in [2.75, 3.05) is 13.7 Å². The molecule has 3 rings (SSSR count). The molecule has 0 saturated carbocycles. The summed E-state index contributed by atoms with van der Waals surface area (Å²) in [5.41, 5.74) is 0.826. The monoisotopic (exact) mass is 435 g/mol. The van der Waals surface area contributed by atoms with E-state index in [1.807, 2.05) is 30.3 Å². The molecule has 4 nitrogen and oxygen atoms in total. The number of carbonyl (C=O) groups excluding carboxylic acids is 1. The van der Waals surface area contributed by atoms with Crippen LogP contribution in [-0.4, -0.2) is 83.0 Å². The Morgan fingerprint density at radius 1 is 1.19 bits per heavy atom. The molecule has 1 N–H and O–H groups in total. The number of esters is 1. The summed E-state index contributed by atoms with van der Waals surface area (Å²) in [5, 5.41) is 9.65. The molecule has 0 radical (unpaired) electrons. The quantitative estimate of drug-likeness (QED) is 0.374. The molecule has 1 aromatic rings. The first-order valence-corrected chi connectivity index (χ1v) is 9.18. The van der Waals surface area contributed by atoms with Gasteiger partial charge in [0, 0.05) is 25.7 Å². The molecule has 142 valence electrons. The van der Waals surface area contributed by atoms with Gasteiger partial charge >= 0.3 is 35.5 Å². The van der Waals surface area contributed by atoms with Crippen molar-refractivity contribution in [3.05, 3.63) is 35.9 Å². The summed E-state index contributed by atoms with van der Waals surface area (Å²) in [6, 6.07) is 11.2. The van der Waals surface area contributed by atoms with Crippen LogP contribution >= 0.6 is 0 Å². The molecule has 0 amide bonds. The molecular formula is C20H31BrNNaO3. The van der Waals surface area contributed by atoms with Gasteiger partial charge in [0.05, 0.1) is 31.8 Å². The number of rotatable bonds is 5. The number of fused-ring (bicyclic) bond motifs is 2. The second kappa shape index (κ2) is 10.0. The average molecular weight is 436 g/mol. The summed E-state index contributed by atoms with van der Waals surface area (Å²) >= 11 is 0. The van der Waals surface area contributed by atoms with Gasteiger partial charge in [-0.25, -0.2) is 0 Å². The number of benzene rings is 1. The maximum atomic E-state index is 12.6. The van der Waals surface area contributed by atoms with E-state index in [1.165, 1.54) is 12.8 Å². The Hall–Kier alpha value is 0.0900. The van der Waals surface area contributed by atoms with Crippen LogP contribution in [0.4, 0.5) is 0 Å². The molecule has 2 fully saturated rings. The van der Waals surface area contributed by atoms with Crippen LogP contribution in [0.25, 0.3) is 0 Å². The Labute approximate surface area is 189 Å². The van der Waals surface area contributed by atoms with Crippen LogP contribution in [0.2, 0.25) is 0 Å². The van der Waals surface area contributed by atoms with Gasteiger partial charge in [-0.05, 0) is 19.4 Å².